The fraction of sp³-hybridized carbons (Fsp3) is 0.375. The van der Waals surface area contributed by atoms with Gasteiger partial charge in [-0.3, -0.25) is 10.1 Å². The van der Waals surface area contributed by atoms with Crippen LogP contribution in [0.4, 0.5) is 10.5 Å². The van der Waals surface area contributed by atoms with E-state index in [1.54, 1.807) is 30.5 Å². The number of carbonyl (C=O) groups is 2. The van der Waals surface area contributed by atoms with Crippen LogP contribution in [-0.4, -0.2) is 11.9 Å². The molecule has 1 fully saturated rings. The second-order valence-electron chi connectivity index (χ2n) is 5.38. The van der Waals surface area contributed by atoms with Crippen molar-refractivity contribution in [3.63, 3.8) is 0 Å². The first-order valence-corrected chi connectivity index (χ1v) is 7.21. The van der Waals surface area contributed by atoms with E-state index in [0.717, 1.165) is 5.57 Å². The summed E-state index contributed by atoms with van der Waals surface area (Å²) in [6, 6.07) is 6.10. The van der Waals surface area contributed by atoms with Gasteiger partial charge >= 0.3 is 6.03 Å². The molecule has 1 aliphatic carbocycles. The minimum Gasteiger partial charge on any atom is -0.398 e. The molecule has 1 aromatic carbocycles. The van der Waals surface area contributed by atoms with Gasteiger partial charge in [0, 0.05) is 11.9 Å². The number of anilines is 1. The minimum atomic E-state index is -0.541. The number of nitrogen functional groups attached to an aromatic ring is 1. The topological polar surface area (TPSA) is 84.2 Å². The number of urea groups is 1. The van der Waals surface area contributed by atoms with E-state index in [9.17, 15) is 9.59 Å². The van der Waals surface area contributed by atoms with Crippen molar-refractivity contribution in [1.29, 1.82) is 0 Å². The predicted molar refractivity (Wildman–Crippen MR) is 82.6 cm³/mol. The van der Waals surface area contributed by atoms with Gasteiger partial charge in [-0.25, -0.2) is 4.79 Å². The third-order valence-corrected chi connectivity index (χ3v) is 3.86. The molecule has 4 N–H and O–H groups in total. The number of nitrogens with two attached hydrogens (primary N) is 1. The number of rotatable bonds is 3. The van der Waals surface area contributed by atoms with Crippen molar-refractivity contribution in [2.75, 3.05) is 5.73 Å². The van der Waals surface area contributed by atoms with Crippen molar-refractivity contribution in [2.24, 2.45) is 5.92 Å². The summed E-state index contributed by atoms with van der Waals surface area (Å²) in [5, 5.41) is 4.88. The highest BCUT2D eigenvalue weighted by Gasteiger charge is 2.17. The third kappa shape index (κ3) is 4.08. The molecular formula is C16H21N3O2. The van der Waals surface area contributed by atoms with Crippen LogP contribution < -0.4 is 16.4 Å². The molecule has 5 nitrogen and oxygen atoms in total. The molecule has 1 aliphatic rings. The van der Waals surface area contributed by atoms with Gasteiger partial charge in [-0.05, 0) is 37.8 Å². The molecule has 5 heteroatoms. The summed E-state index contributed by atoms with van der Waals surface area (Å²) in [4.78, 5) is 23.6. The number of allylic oxidation sites excluding steroid dienone is 1. The van der Waals surface area contributed by atoms with Crippen molar-refractivity contribution >= 4 is 17.6 Å². The Bertz CT molecular complexity index is 560. The lowest BCUT2D eigenvalue weighted by Gasteiger charge is -2.10. The molecule has 0 aliphatic heterocycles. The van der Waals surface area contributed by atoms with Crippen LogP contribution in [0.25, 0.3) is 0 Å². The summed E-state index contributed by atoms with van der Waals surface area (Å²) >= 11 is 0. The molecule has 0 aromatic heterocycles. The van der Waals surface area contributed by atoms with Crippen molar-refractivity contribution < 1.29 is 9.59 Å². The van der Waals surface area contributed by atoms with E-state index in [4.69, 9.17) is 5.73 Å². The van der Waals surface area contributed by atoms with Crippen molar-refractivity contribution in [3.05, 3.63) is 41.6 Å². The number of nitrogens with one attached hydrogen (secondary N) is 2. The summed E-state index contributed by atoms with van der Waals surface area (Å²) in [7, 11) is 0. The molecule has 3 amide bonds. The fourth-order valence-corrected chi connectivity index (χ4v) is 2.59. The summed E-state index contributed by atoms with van der Waals surface area (Å²) in [5.41, 5.74) is 7.49. The Hall–Kier alpha value is -2.30. The third-order valence-electron chi connectivity index (χ3n) is 3.86. The summed E-state index contributed by atoms with van der Waals surface area (Å²) in [6.07, 6.45) is 6.52. The maximum atomic E-state index is 11.9. The predicted octanol–water partition coefficient (Wildman–Crippen LogP) is 2.80. The van der Waals surface area contributed by atoms with Crippen LogP contribution in [0.3, 0.4) is 0 Å². The monoisotopic (exact) mass is 287 g/mol. The van der Waals surface area contributed by atoms with Gasteiger partial charge in [0.15, 0.2) is 0 Å². The van der Waals surface area contributed by atoms with Crippen LogP contribution in [0.1, 0.15) is 43.0 Å². The number of imide groups is 1. The Morgan fingerprint density at radius 3 is 2.57 bits per heavy atom. The van der Waals surface area contributed by atoms with Gasteiger partial charge in [-0.1, -0.05) is 30.5 Å². The van der Waals surface area contributed by atoms with E-state index in [0.29, 0.717) is 17.2 Å². The molecule has 0 radical (unpaired) electrons. The van der Waals surface area contributed by atoms with Gasteiger partial charge in [0.2, 0.25) is 0 Å². The van der Waals surface area contributed by atoms with Crippen LogP contribution >= 0.6 is 0 Å². The first kappa shape index (κ1) is 15.1. The van der Waals surface area contributed by atoms with Gasteiger partial charge in [0.25, 0.3) is 5.91 Å². The molecule has 112 valence electrons. The van der Waals surface area contributed by atoms with E-state index in [1.807, 2.05) is 6.92 Å². The largest absolute Gasteiger partial charge is 0.398 e. The normalized spacial score (nSPS) is 15.8. The highest BCUT2D eigenvalue weighted by molar-refractivity contribution is 6.07. The molecule has 0 heterocycles. The average Bonchev–Trinajstić information content (AvgIpc) is 2.99. The number of benzene rings is 1. The lowest BCUT2D eigenvalue weighted by atomic mass is 10.0. The molecule has 0 saturated heterocycles. The highest BCUT2D eigenvalue weighted by atomic mass is 16.2. The SMILES string of the molecule is C/C(=C\NC(=O)NC(=O)c1ccccc1N)C1CCCC1. The van der Waals surface area contributed by atoms with Crippen LogP contribution in [0.2, 0.25) is 0 Å². The van der Waals surface area contributed by atoms with E-state index in [1.165, 1.54) is 25.7 Å². The molecule has 0 unspecified atom stereocenters. The highest BCUT2D eigenvalue weighted by Crippen LogP contribution is 2.30. The molecule has 1 aromatic rings. The van der Waals surface area contributed by atoms with Crippen molar-refractivity contribution in [2.45, 2.75) is 32.6 Å². The molecule has 2 rings (SSSR count). The number of para-hydroxylation sites is 1. The first-order chi connectivity index (χ1) is 10.1. The summed E-state index contributed by atoms with van der Waals surface area (Å²) in [6.45, 7) is 2.01. The summed E-state index contributed by atoms with van der Waals surface area (Å²) in [5.74, 6) is 0.0447. The first-order valence-electron chi connectivity index (χ1n) is 7.21. The molecule has 0 atom stereocenters. The minimum absolute atomic E-state index is 0.296. The van der Waals surface area contributed by atoms with E-state index in [-0.39, 0.29) is 0 Å². The lowest BCUT2D eigenvalue weighted by molar-refractivity contribution is 0.0965. The molecule has 0 bridgehead atoms. The number of hydrogen-bond donors (Lipinski definition) is 3. The Balaban J connectivity index is 1.88. The average molecular weight is 287 g/mol. The Morgan fingerprint density at radius 2 is 1.90 bits per heavy atom. The second-order valence-corrected chi connectivity index (χ2v) is 5.38. The fourth-order valence-electron chi connectivity index (χ4n) is 2.59. The van der Waals surface area contributed by atoms with Gasteiger partial charge in [0.05, 0.1) is 5.56 Å². The van der Waals surface area contributed by atoms with E-state index < -0.39 is 11.9 Å². The van der Waals surface area contributed by atoms with Gasteiger partial charge < -0.3 is 11.1 Å². The van der Waals surface area contributed by atoms with E-state index >= 15 is 0 Å². The number of carbonyl (C=O) groups excluding carboxylic acids is 2. The van der Waals surface area contributed by atoms with Crippen LogP contribution in [0.15, 0.2) is 36.0 Å². The van der Waals surface area contributed by atoms with Gasteiger partial charge in [-0.2, -0.15) is 0 Å². The van der Waals surface area contributed by atoms with Crippen LogP contribution in [0, 0.1) is 5.92 Å². The molecule has 21 heavy (non-hydrogen) atoms. The molecule has 1 saturated carbocycles. The lowest BCUT2D eigenvalue weighted by Crippen LogP contribution is -2.37. The number of hydrogen-bond acceptors (Lipinski definition) is 3. The second kappa shape index (κ2) is 6.92. The maximum Gasteiger partial charge on any atom is 0.325 e. The summed E-state index contributed by atoms with van der Waals surface area (Å²) < 4.78 is 0. The van der Waals surface area contributed by atoms with Crippen molar-refractivity contribution in [1.82, 2.24) is 10.6 Å². The van der Waals surface area contributed by atoms with Gasteiger partial charge in [-0.15, -0.1) is 0 Å². The zero-order valence-electron chi connectivity index (χ0n) is 12.2. The van der Waals surface area contributed by atoms with Crippen molar-refractivity contribution in [3.8, 4) is 0 Å². The Kier molecular flexibility index (Phi) is 4.98. The van der Waals surface area contributed by atoms with Gasteiger partial charge in [0.1, 0.15) is 0 Å². The van der Waals surface area contributed by atoms with Crippen LogP contribution in [-0.2, 0) is 0 Å². The Morgan fingerprint density at radius 1 is 1.24 bits per heavy atom. The smallest absolute Gasteiger partial charge is 0.325 e. The standard InChI is InChI=1S/C16H21N3O2/c1-11(12-6-2-3-7-12)10-18-16(21)19-15(20)13-8-4-5-9-14(13)17/h4-5,8-10,12H,2-3,6-7,17H2,1H3,(H2,18,19,20,21)/b11-10+. The number of amides is 3. The zero-order valence-corrected chi connectivity index (χ0v) is 12.2. The van der Waals surface area contributed by atoms with Crippen LogP contribution in [0.5, 0.6) is 0 Å². The van der Waals surface area contributed by atoms with E-state index in [2.05, 4.69) is 10.6 Å². The zero-order chi connectivity index (χ0) is 15.2. The maximum absolute atomic E-state index is 11.9. The quantitative estimate of drug-likeness (QED) is 0.747. The Labute approximate surface area is 124 Å². The molecular weight excluding hydrogens is 266 g/mol. The molecule has 0 spiro atoms.